The van der Waals surface area contributed by atoms with E-state index >= 15 is 0 Å². The molecule has 2 N–H and O–H groups in total. The molecule has 86 valence electrons. The van der Waals surface area contributed by atoms with Gasteiger partial charge in [-0.25, -0.2) is 0 Å². The van der Waals surface area contributed by atoms with E-state index in [4.69, 9.17) is 10.2 Å². The fourth-order valence-corrected chi connectivity index (χ4v) is 2.26. The molecule has 0 aromatic heterocycles. The van der Waals surface area contributed by atoms with Crippen molar-refractivity contribution in [1.29, 1.82) is 0 Å². The van der Waals surface area contributed by atoms with Gasteiger partial charge in [0.25, 0.3) is 0 Å². The van der Waals surface area contributed by atoms with Gasteiger partial charge in [0.2, 0.25) is 0 Å². The van der Waals surface area contributed by atoms with Gasteiger partial charge in [0.15, 0.2) is 0 Å². The summed E-state index contributed by atoms with van der Waals surface area (Å²) in [5.74, 6) is -2.08. The number of aliphatic carboxylic acids is 2. The van der Waals surface area contributed by atoms with Crippen LogP contribution in [0.3, 0.4) is 0 Å². The predicted octanol–water partition coefficient (Wildman–Crippen LogP) is 2.13. The Labute approximate surface area is 89.3 Å². The van der Waals surface area contributed by atoms with Crippen LogP contribution in [0, 0.1) is 11.8 Å². The summed E-state index contributed by atoms with van der Waals surface area (Å²) in [4.78, 5) is 21.2. The lowest BCUT2D eigenvalue weighted by Crippen LogP contribution is -2.18. The molecule has 0 aliphatic heterocycles. The quantitative estimate of drug-likeness (QED) is 0.710. The Hall–Kier alpha value is -1.06. The molecule has 0 bridgehead atoms. The largest absolute Gasteiger partial charge is 0.481 e. The van der Waals surface area contributed by atoms with Crippen molar-refractivity contribution in [2.45, 2.75) is 44.9 Å². The van der Waals surface area contributed by atoms with Gasteiger partial charge in [-0.05, 0) is 18.8 Å². The van der Waals surface area contributed by atoms with Crippen LogP contribution in [-0.2, 0) is 9.59 Å². The molecule has 15 heavy (non-hydrogen) atoms. The first kappa shape index (κ1) is 12.0. The monoisotopic (exact) mass is 214 g/mol. The van der Waals surface area contributed by atoms with E-state index < -0.39 is 17.9 Å². The molecule has 0 spiro atoms. The van der Waals surface area contributed by atoms with Gasteiger partial charge in [-0.3, -0.25) is 9.59 Å². The molecule has 1 rings (SSSR count). The first-order valence-corrected chi connectivity index (χ1v) is 5.54. The minimum atomic E-state index is -1.02. The molecule has 0 aromatic rings. The summed E-state index contributed by atoms with van der Waals surface area (Å²) in [5.41, 5.74) is 0. The molecule has 0 radical (unpaired) electrons. The van der Waals surface area contributed by atoms with E-state index in [2.05, 4.69) is 0 Å². The zero-order valence-corrected chi connectivity index (χ0v) is 8.82. The molecule has 1 unspecified atom stereocenters. The molecule has 4 nitrogen and oxygen atoms in total. The lowest BCUT2D eigenvalue weighted by molar-refractivity contribution is -0.148. The summed E-state index contributed by atoms with van der Waals surface area (Å²) in [6, 6.07) is 0. The molecular formula is C11H18O4. The minimum absolute atomic E-state index is 0.248. The van der Waals surface area contributed by atoms with Crippen molar-refractivity contribution in [1.82, 2.24) is 0 Å². The first-order chi connectivity index (χ1) is 7.09. The molecule has 1 fully saturated rings. The second-order valence-corrected chi connectivity index (χ2v) is 4.36. The molecule has 0 amide bonds. The SMILES string of the molecule is O=C(O)CC(CCC1CCCC1)C(=O)O. The average molecular weight is 214 g/mol. The highest BCUT2D eigenvalue weighted by atomic mass is 16.4. The fourth-order valence-electron chi connectivity index (χ4n) is 2.26. The van der Waals surface area contributed by atoms with Gasteiger partial charge in [-0.1, -0.05) is 25.7 Å². The van der Waals surface area contributed by atoms with Crippen LogP contribution in [0.25, 0.3) is 0 Å². The maximum atomic E-state index is 10.8. The van der Waals surface area contributed by atoms with Crippen LogP contribution in [0.4, 0.5) is 0 Å². The van der Waals surface area contributed by atoms with Crippen molar-refractivity contribution >= 4 is 11.9 Å². The Morgan fingerprint density at radius 1 is 1.20 bits per heavy atom. The molecular weight excluding hydrogens is 196 g/mol. The molecule has 1 atom stereocenters. The van der Waals surface area contributed by atoms with Gasteiger partial charge in [-0.15, -0.1) is 0 Å². The third-order valence-electron chi connectivity index (χ3n) is 3.17. The third kappa shape index (κ3) is 4.32. The highest BCUT2D eigenvalue weighted by Crippen LogP contribution is 2.30. The van der Waals surface area contributed by atoms with Gasteiger partial charge in [0.05, 0.1) is 12.3 Å². The van der Waals surface area contributed by atoms with Gasteiger partial charge < -0.3 is 10.2 Å². The zero-order chi connectivity index (χ0) is 11.3. The Morgan fingerprint density at radius 3 is 2.27 bits per heavy atom. The standard InChI is InChI=1S/C11H18O4/c12-10(13)7-9(11(14)15)6-5-8-3-1-2-4-8/h8-9H,1-7H2,(H,12,13)(H,14,15). The van der Waals surface area contributed by atoms with Crippen LogP contribution in [0.15, 0.2) is 0 Å². The topological polar surface area (TPSA) is 74.6 Å². The smallest absolute Gasteiger partial charge is 0.307 e. The lowest BCUT2D eigenvalue weighted by Gasteiger charge is -2.13. The van der Waals surface area contributed by atoms with Gasteiger partial charge in [0, 0.05) is 0 Å². The molecule has 0 saturated heterocycles. The molecule has 0 heterocycles. The maximum absolute atomic E-state index is 10.8. The summed E-state index contributed by atoms with van der Waals surface area (Å²) in [5, 5.41) is 17.4. The number of carboxylic acid groups (broad SMARTS) is 2. The van der Waals surface area contributed by atoms with Gasteiger partial charge >= 0.3 is 11.9 Å². The Morgan fingerprint density at radius 2 is 1.80 bits per heavy atom. The molecule has 4 heteroatoms. The predicted molar refractivity (Wildman–Crippen MR) is 54.6 cm³/mol. The average Bonchev–Trinajstić information content (AvgIpc) is 2.63. The van der Waals surface area contributed by atoms with E-state index in [1.807, 2.05) is 0 Å². The number of hydrogen-bond donors (Lipinski definition) is 2. The fraction of sp³-hybridized carbons (Fsp3) is 0.818. The normalized spacial score (nSPS) is 18.9. The summed E-state index contributed by atoms with van der Waals surface area (Å²) >= 11 is 0. The van der Waals surface area contributed by atoms with Crippen LogP contribution < -0.4 is 0 Å². The van der Waals surface area contributed by atoms with E-state index in [0.717, 1.165) is 6.42 Å². The zero-order valence-electron chi connectivity index (χ0n) is 8.82. The number of rotatable bonds is 6. The Bertz CT molecular complexity index is 231. The number of hydrogen-bond acceptors (Lipinski definition) is 2. The second-order valence-electron chi connectivity index (χ2n) is 4.36. The van der Waals surface area contributed by atoms with Crippen molar-refractivity contribution in [3.05, 3.63) is 0 Å². The van der Waals surface area contributed by atoms with Crippen LogP contribution in [0.5, 0.6) is 0 Å². The van der Waals surface area contributed by atoms with E-state index in [-0.39, 0.29) is 6.42 Å². The van der Waals surface area contributed by atoms with Crippen molar-refractivity contribution in [2.24, 2.45) is 11.8 Å². The highest BCUT2D eigenvalue weighted by Gasteiger charge is 2.23. The summed E-state index contributed by atoms with van der Waals surface area (Å²) in [6.07, 6.45) is 5.96. The van der Waals surface area contributed by atoms with Crippen LogP contribution in [0.1, 0.15) is 44.9 Å². The van der Waals surface area contributed by atoms with Crippen LogP contribution in [0.2, 0.25) is 0 Å². The van der Waals surface area contributed by atoms with Crippen molar-refractivity contribution in [3.63, 3.8) is 0 Å². The van der Waals surface area contributed by atoms with Crippen LogP contribution in [-0.4, -0.2) is 22.2 Å². The number of carbonyl (C=O) groups is 2. The first-order valence-electron chi connectivity index (χ1n) is 5.54. The highest BCUT2D eigenvalue weighted by molar-refractivity contribution is 5.77. The summed E-state index contributed by atoms with van der Waals surface area (Å²) < 4.78 is 0. The summed E-state index contributed by atoms with van der Waals surface area (Å²) in [6.45, 7) is 0. The van der Waals surface area contributed by atoms with Gasteiger partial charge in [-0.2, -0.15) is 0 Å². The third-order valence-corrected chi connectivity index (χ3v) is 3.17. The van der Waals surface area contributed by atoms with E-state index in [0.29, 0.717) is 12.3 Å². The van der Waals surface area contributed by atoms with E-state index in [1.54, 1.807) is 0 Å². The second kappa shape index (κ2) is 5.73. The molecule has 0 aromatic carbocycles. The Balaban J connectivity index is 2.30. The van der Waals surface area contributed by atoms with Crippen LogP contribution >= 0.6 is 0 Å². The van der Waals surface area contributed by atoms with Crippen molar-refractivity contribution in [2.75, 3.05) is 0 Å². The van der Waals surface area contributed by atoms with Crippen molar-refractivity contribution < 1.29 is 19.8 Å². The Kier molecular flexibility index (Phi) is 4.59. The van der Waals surface area contributed by atoms with Gasteiger partial charge in [0.1, 0.15) is 0 Å². The molecule has 1 saturated carbocycles. The number of carboxylic acids is 2. The van der Waals surface area contributed by atoms with E-state index in [9.17, 15) is 9.59 Å². The lowest BCUT2D eigenvalue weighted by atomic mass is 9.93. The minimum Gasteiger partial charge on any atom is -0.481 e. The summed E-state index contributed by atoms with van der Waals surface area (Å²) in [7, 11) is 0. The molecule has 1 aliphatic rings. The maximum Gasteiger partial charge on any atom is 0.307 e. The molecule has 1 aliphatic carbocycles. The van der Waals surface area contributed by atoms with E-state index in [1.165, 1.54) is 25.7 Å². The van der Waals surface area contributed by atoms with Crippen molar-refractivity contribution in [3.8, 4) is 0 Å².